The van der Waals surface area contributed by atoms with E-state index in [0.717, 1.165) is 23.2 Å². The summed E-state index contributed by atoms with van der Waals surface area (Å²) in [5.41, 5.74) is 3.49. The third-order valence-electron chi connectivity index (χ3n) is 4.72. The van der Waals surface area contributed by atoms with Crippen LogP contribution in [0.2, 0.25) is 0 Å². The Hall–Kier alpha value is -3.21. The van der Waals surface area contributed by atoms with Crippen molar-refractivity contribution in [1.82, 2.24) is 9.88 Å². The molecule has 150 valence electrons. The molecule has 0 radical (unpaired) electrons. The Labute approximate surface area is 171 Å². The molecule has 0 aliphatic carbocycles. The zero-order valence-corrected chi connectivity index (χ0v) is 16.8. The van der Waals surface area contributed by atoms with Crippen LogP contribution in [-0.2, 0) is 13.0 Å². The van der Waals surface area contributed by atoms with Crippen molar-refractivity contribution in [2.24, 2.45) is 0 Å². The number of nitrogens with one attached hydrogen (secondary N) is 1. The number of carbonyl (C=O) groups is 1. The predicted octanol–water partition coefficient (Wildman–Crippen LogP) is 4.93. The maximum atomic E-state index is 13.1. The first-order valence-electron chi connectivity index (χ1n) is 9.81. The lowest BCUT2D eigenvalue weighted by Gasteiger charge is -2.27. The SMILES string of the molecule is CC(C)N(Cc1ccccc1)C(=O)c1cncc(NCCc2ccc(F)cc2)c1. The molecule has 0 unspecified atom stereocenters. The van der Waals surface area contributed by atoms with Gasteiger partial charge in [0.25, 0.3) is 5.91 Å². The van der Waals surface area contributed by atoms with Gasteiger partial charge < -0.3 is 10.2 Å². The quantitative estimate of drug-likeness (QED) is 0.592. The van der Waals surface area contributed by atoms with Gasteiger partial charge in [-0.15, -0.1) is 0 Å². The molecule has 0 spiro atoms. The standard InChI is InChI=1S/C24H26FN3O/c1-18(2)28(17-20-6-4-3-5-7-20)24(29)21-14-23(16-26-15-21)27-13-12-19-8-10-22(25)11-9-19/h3-11,14-16,18,27H,12-13,17H2,1-2H3. The lowest BCUT2D eigenvalue weighted by molar-refractivity contribution is 0.0690. The highest BCUT2D eigenvalue weighted by Crippen LogP contribution is 2.16. The van der Waals surface area contributed by atoms with Gasteiger partial charge >= 0.3 is 0 Å². The average Bonchev–Trinajstić information content (AvgIpc) is 2.74. The number of aromatic nitrogens is 1. The lowest BCUT2D eigenvalue weighted by atomic mass is 10.1. The van der Waals surface area contributed by atoms with Crippen molar-refractivity contribution in [3.63, 3.8) is 0 Å². The zero-order chi connectivity index (χ0) is 20.6. The molecule has 1 amide bonds. The first kappa shape index (κ1) is 20.5. The molecule has 5 heteroatoms. The van der Waals surface area contributed by atoms with Gasteiger partial charge in [-0.25, -0.2) is 4.39 Å². The Kier molecular flexibility index (Phi) is 6.95. The summed E-state index contributed by atoms with van der Waals surface area (Å²) in [5, 5.41) is 3.29. The fraction of sp³-hybridized carbons (Fsp3) is 0.250. The fourth-order valence-corrected chi connectivity index (χ4v) is 3.09. The summed E-state index contributed by atoms with van der Waals surface area (Å²) in [4.78, 5) is 19.2. The van der Waals surface area contributed by atoms with Crippen molar-refractivity contribution in [3.8, 4) is 0 Å². The second-order valence-electron chi connectivity index (χ2n) is 7.28. The van der Waals surface area contributed by atoms with Gasteiger partial charge in [-0.05, 0) is 49.6 Å². The molecular weight excluding hydrogens is 365 g/mol. The molecule has 0 fully saturated rings. The number of pyridine rings is 1. The molecule has 0 atom stereocenters. The van der Waals surface area contributed by atoms with E-state index in [9.17, 15) is 9.18 Å². The van der Waals surface area contributed by atoms with E-state index in [1.165, 1.54) is 12.1 Å². The van der Waals surface area contributed by atoms with Crippen LogP contribution in [0.1, 0.15) is 35.3 Å². The van der Waals surface area contributed by atoms with Crippen LogP contribution in [0.3, 0.4) is 0 Å². The van der Waals surface area contributed by atoms with E-state index in [2.05, 4.69) is 10.3 Å². The van der Waals surface area contributed by atoms with Gasteiger partial charge in [0.05, 0.1) is 11.3 Å². The van der Waals surface area contributed by atoms with Gasteiger partial charge in [0.2, 0.25) is 0 Å². The van der Waals surface area contributed by atoms with Crippen molar-refractivity contribution < 1.29 is 9.18 Å². The molecule has 1 N–H and O–H groups in total. The molecule has 3 aromatic rings. The van der Waals surface area contributed by atoms with E-state index in [1.54, 1.807) is 24.5 Å². The van der Waals surface area contributed by atoms with Gasteiger partial charge in [-0.1, -0.05) is 42.5 Å². The highest BCUT2D eigenvalue weighted by atomic mass is 19.1. The van der Waals surface area contributed by atoms with Crippen molar-refractivity contribution in [2.45, 2.75) is 32.9 Å². The summed E-state index contributed by atoms with van der Waals surface area (Å²) in [6.45, 7) is 5.25. The summed E-state index contributed by atoms with van der Waals surface area (Å²) in [7, 11) is 0. The molecule has 0 bridgehead atoms. The Balaban J connectivity index is 1.64. The van der Waals surface area contributed by atoms with E-state index in [-0.39, 0.29) is 17.8 Å². The van der Waals surface area contributed by atoms with Crippen LogP contribution in [0, 0.1) is 5.82 Å². The number of hydrogen-bond donors (Lipinski definition) is 1. The lowest BCUT2D eigenvalue weighted by Crippen LogP contribution is -2.36. The number of hydrogen-bond acceptors (Lipinski definition) is 3. The van der Waals surface area contributed by atoms with Crippen LogP contribution in [0.5, 0.6) is 0 Å². The Morgan fingerprint density at radius 1 is 1.03 bits per heavy atom. The molecule has 29 heavy (non-hydrogen) atoms. The normalized spacial score (nSPS) is 10.8. The van der Waals surface area contributed by atoms with Gasteiger partial charge in [0.1, 0.15) is 5.82 Å². The third-order valence-corrected chi connectivity index (χ3v) is 4.72. The number of benzene rings is 2. The highest BCUT2D eigenvalue weighted by molar-refractivity contribution is 5.94. The molecule has 0 saturated heterocycles. The smallest absolute Gasteiger partial charge is 0.256 e. The van der Waals surface area contributed by atoms with Crippen molar-refractivity contribution >= 4 is 11.6 Å². The van der Waals surface area contributed by atoms with Gasteiger partial charge in [0, 0.05) is 31.5 Å². The molecular formula is C24H26FN3O. The molecule has 0 aliphatic rings. The highest BCUT2D eigenvalue weighted by Gasteiger charge is 2.19. The first-order valence-corrected chi connectivity index (χ1v) is 9.81. The summed E-state index contributed by atoms with van der Waals surface area (Å²) in [6, 6.07) is 18.3. The second-order valence-corrected chi connectivity index (χ2v) is 7.28. The predicted molar refractivity (Wildman–Crippen MR) is 114 cm³/mol. The van der Waals surface area contributed by atoms with Crippen molar-refractivity contribution in [1.29, 1.82) is 0 Å². The largest absolute Gasteiger partial charge is 0.383 e. The average molecular weight is 391 g/mol. The minimum atomic E-state index is -0.234. The van der Waals surface area contributed by atoms with Gasteiger partial charge in [-0.3, -0.25) is 9.78 Å². The Bertz CT molecular complexity index is 926. The summed E-state index contributed by atoms with van der Waals surface area (Å²) in [6.07, 6.45) is 4.07. The second kappa shape index (κ2) is 9.82. The van der Waals surface area contributed by atoms with Gasteiger partial charge in [-0.2, -0.15) is 0 Å². The molecule has 4 nitrogen and oxygen atoms in total. The molecule has 1 aromatic heterocycles. The molecule has 0 aliphatic heterocycles. The Morgan fingerprint density at radius 3 is 2.45 bits per heavy atom. The van der Waals surface area contributed by atoms with E-state index in [0.29, 0.717) is 18.7 Å². The number of rotatable bonds is 8. The number of carbonyl (C=O) groups excluding carboxylic acids is 1. The minimum absolute atomic E-state index is 0.0430. The van der Waals surface area contributed by atoms with Crippen molar-refractivity contribution in [2.75, 3.05) is 11.9 Å². The zero-order valence-electron chi connectivity index (χ0n) is 16.8. The molecule has 1 heterocycles. The van der Waals surface area contributed by atoms with Crippen LogP contribution < -0.4 is 5.32 Å². The Morgan fingerprint density at radius 2 is 1.76 bits per heavy atom. The number of anilines is 1. The van der Waals surface area contributed by atoms with Crippen LogP contribution in [0.4, 0.5) is 10.1 Å². The minimum Gasteiger partial charge on any atom is -0.383 e. The van der Waals surface area contributed by atoms with Crippen molar-refractivity contribution in [3.05, 3.63) is 95.6 Å². The summed E-state index contributed by atoms with van der Waals surface area (Å²) >= 11 is 0. The third kappa shape index (κ3) is 5.88. The van der Waals surface area contributed by atoms with Gasteiger partial charge in [0.15, 0.2) is 0 Å². The van der Waals surface area contributed by atoms with Crippen LogP contribution in [-0.4, -0.2) is 28.4 Å². The summed E-state index contributed by atoms with van der Waals surface area (Å²) in [5.74, 6) is -0.277. The molecule has 2 aromatic carbocycles. The van der Waals surface area contributed by atoms with Crippen LogP contribution in [0.25, 0.3) is 0 Å². The van der Waals surface area contributed by atoms with E-state index < -0.39 is 0 Å². The number of halogens is 1. The van der Waals surface area contributed by atoms with Crippen LogP contribution in [0.15, 0.2) is 73.1 Å². The number of nitrogens with zero attached hydrogens (tertiary/aromatic N) is 2. The van der Waals surface area contributed by atoms with E-state index in [4.69, 9.17) is 0 Å². The fourth-order valence-electron chi connectivity index (χ4n) is 3.09. The topological polar surface area (TPSA) is 45.2 Å². The molecule has 0 saturated carbocycles. The first-order chi connectivity index (χ1) is 14.0. The molecule has 3 rings (SSSR count). The maximum absolute atomic E-state index is 13.1. The van der Waals surface area contributed by atoms with E-state index >= 15 is 0 Å². The van der Waals surface area contributed by atoms with E-state index in [1.807, 2.05) is 55.1 Å². The maximum Gasteiger partial charge on any atom is 0.256 e. The van der Waals surface area contributed by atoms with Crippen LogP contribution >= 0.6 is 0 Å². The monoisotopic (exact) mass is 391 g/mol. The summed E-state index contributed by atoms with van der Waals surface area (Å²) < 4.78 is 13.0. The number of amides is 1.